The van der Waals surface area contributed by atoms with Crippen molar-refractivity contribution in [1.82, 2.24) is 15.5 Å². The molecule has 2 rings (SSSR count). The predicted molar refractivity (Wildman–Crippen MR) is 82.1 cm³/mol. The van der Waals surface area contributed by atoms with Gasteiger partial charge in [0.05, 0.1) is 0 Å². The lowest BCUT2D eigenvalue weighted by molar-refractivity contribution is 0.306. The molecule has 2 aliphatic rings. The molecule has 16 heavy (non-hydrogen) atoms. The highest BCUT2D eigenvalue weighted by Gasteiger charge is 2.10. The summed E-state index contributed by atoms with van der Waals surface area (Å²) in [5.74, 6) is 3.57. The highest BCUT2D eigenvalue weighted by molar-refractivity contribution is 14.0. The van der Waals surface area contributed by atoms with E-state index in [1.165, 1.54) is 24.6 Å². The van der Waals surface area contributed by atoms with E-state index in [1.54, 1.807) is 0 Å². The minimum absolute atomic E-state index is 0. The molecule has 6 heteroatoms. The zero-order valence-corrected chi connectivity index (χ0v) is 12.7. The van der Waals surface area contributed by atoms with Gasteiger partial charge in [0.15, 0.2) is 5.96 Å². The monoisotopic (exact) mass is 356 g/mol. The number of halogens is 1. The molecule has 0 amide bonds. The van der Waals surface area contributed by atoms with Crippen LogP contribution in [0.4, 0.5) is 0 Å². The Morgan fingerprint density at radius 3 is 2.88 bits per heavy atom. The van der Waals surface area contributed by atoms with Gasteiger partial charge in [-0.3, -0.25) is 9.89 Å². The van der Waals surface area contributed by atoms with Crippen LogP contribution in [0.5, 0.6) is 0 Å². The summed E-state index contributed by atoms with van der Waals surface area (Å²) in [5.41, 5.74) is 0. The molecule has 0 radical (unpaired) electrons. The standard InChI is InChI=1S/C10H20N4S.HI/c1-2-11-10(12-3-1)13-4-5-14-6-8-15-9-7-14;/h1-9H2,(H2,11,12,13);1H. The molecule has 0 bridgehead atoms. The van der Waals surface area contributed by atoms with Crippen molar-refractivity contribution in [3.8, 4) is 0 Å². The van der Waals surface area contributed by atoms with Crippen molar-refractivity contribution < 1.29 is 0 Å². The van der Waals surface area contributed by atoms with Crippen LogP contribution in [0.25, 0.3) is 0 Å². The summed E-state index contributed by atoms with van der Waals surface area (Å²) in [5, 5.41) is 6.63. The summed E-state index contributed by atoms with van der Waals surface area (Å²) in [6.45, 7) is 6.66. The Morgan fingerprint density at radius 2 is 2.19 bits per heavy atom. The second kappa shape index (κ2) is 8.41. The number of aliphatic imine (C=N–C) groups is 1. The third kappa shape index (κ3) is 5.09. The van der Waals surface area contributed by atoms with Crippen molar-refractivity contribution in [2.45, 2.75) is 6.42 Å². The van der Waals surface area contributed by atoms with Crippen LogP contribution >= 0.6 is 35.7 Å². The molecule has 0 atom stereocenters. The zero-order chi connectivity index (χ0) is 10.3. The highest BCUT2D eigenvalue weighted by Crippen LogP contribution is 2.07. The summed E-state index contributed by atoms with van der Waals surface area (Å²) in [6, 6.07) is 0. The maximum absolute atomic E-state index is 4.38. The number of rotatable bonds is 3. The van der Waals surface area contributed by atoms with E-state index in [4.69, 9.17) is 0 Å². The lowest BCUT2D eigenvalue weighted by Crippen LogP contribution is -2.45. The van der Waals surface area contributed by atoms with Gasteiger partial charge < -0.3 is 10.6 Å². The van der Waals surface area contributed by atoms with Crippen molar-refractivity contribution in [2.75, 3.05) is 50.8 Å². The normalized spacial score (nSPS) is 21.6. The summed E-state index contributed by atoms with van der Waals surface area (Å²) >= 11 is 2.06. The van der Waals surface area contributed by atoms with E-state index in [0.29, 0.717) is 0 Å². The number of nitrogens with zero attached hydrogens (tertiary/aromatic N) is 2. The quantitative estimate of drug-likeness (QED) is 0.727. The topological polar surface area (TPSA) is 39.7 Å². The van der Waals surface area contributed by atoms with Crippen LogP contribution in [0.3, 0.4) is 0 Å². The summed E-state index contributed by atoms with van der Waals surface area (Å²) < 4.78 is 0. The molecule has 1 saturated heterocycles. The van der Waals surface area contributed by atoms with E-state index in [2.05, 4.69) is 32.3 Å². The number of guanidine groups is 1. The fraction of sp³-hybridized carbons (Fsp3) is 0.900. The van der Waals surface area contributed by atoms with Gasteiger partial charge in [-0.25, -0.2) is 0 Å². The van der Waals surface area contributed by atoms with E-state index in [1.807, 2.05) is 0 Å². The molecule has 0 aliphatic carbocycles. The third-order valence-electron chi connectivity index (χ3n) is 2.72. The van der Waals surface area contributed by atoms with Gasteiger partial charge in [0, 0.05) is 50.8 Å². The van der Waals surface area contributed by atoms with Crippen LogP contribution in [0.2, 0.25) is 0 Å². The molecule has 4 nitrogen and oxygen atoms in total. The van der Waals surface area contributed by atoms with Gasteiger partial charge in [0.2, 0.25) is 0 Å². The number of hydrogen-bond acceptors (Lipinski definition) is 5. The first-order chi connectivity index (χ1) is 7.45. The van der Waals surface area contributed by atoms with Crippen LogP contribution in [-0.4, -0.2) is 61.6 Å². The molecule has 0 unspecified atom stereocenters. The Balaban J connectivity index is 0.00000128. The Bertz CT molecular complexity index is 219. The van der Waals surface area contributed by atoms with Gasteiger partial charge in [0.25, 0.3) is 0 Å². The third-order valence-corrected chi connectivity index (χ3v) is 3.66. The summed E-state index contributed by atoms with van der Waals surface area (Å²) in [7, 11) is 0. The average Bonchev–Trinajstić information content (AvgIpc) is 2.32. The van der Waals surface area contributed by atoms with E-state index in [9.17, 15) is 0 Å². The number of nitrogens with one attached hydrogen (secondary N) is 2. The van der Waals surface area contributed by atoms with E-state index in [0.717, 1.165) is 38.6 Å². The molecular weight excluding hydrogens is 335 g/mol. The maximum atomic E-state index is 4.38. The van der Waals surface area contributed by atoms with Gasteiger partial charge in [-0.1, -0.05) is 0 Å². The fourth-order valence-corrected chi connectivity index (χ4v) is 2.79. The smallest absolute Gasteiger partial charge is 0.191 e. The van der Waals surface area contributed by atoms with Crippen molar-refractivity contribution in [3.63, 3.8) is 0 Å². The van der Waals surface area contributed by atoms with Crippen LogP contribution < -0.4 is 10.6 Å². The van der Waals surface area contributed by atoms with E-state index >= 15 is 0 Å². The van der Waals surface area contributed by atoms with E-state index in [-0.39, 0.29) is 24.0 Å². The van der Waals surface area contributed by atoms with Crippen LogP contribution in [-0.2, 0) is 0 Å². The summed E-state index contributed by atoms with van der Waals surface area (Å²) in [4.78, 5) is 6.90. The molecular formula is C10H21IN4S. The lowest BCUT2D eigenvalue weighted by atomic mass is 10.4. The van der Waals surface area contributed by atoms with Gasteiger partial charge in [-0.15, -0.1) is 24.0 Å². The maximum Gasteiger partial charge on any atom is 0.191 e. The first kappa shape index (κ1) is 14.4. The number of thioether (sulfide) groups is 1. The lowest BCUT2D eigenvalue weighted by Gasteiger charge is -2.26. The predicted octanol–water partition coefficient (Wildman–Crippen LogP) is 0.592. The molecule has 0 aromatic rings. The Hall–Kier alpha value is 0.310. The van der Waals surface area contributed by atoms with Crippen LogP contribution in [0, 0.1) is 0 Å². The Kier molecular flexibility index (Phi) is 7.55. The Labute approximate surface area is 119 Å². The van der Waals surface area contributed by atoms with Crippen molar-refractivity contribution in [2.24, 2.45) is 4.99 Å². The first-order valence-electron chi connectivity index (χ1n) is 5.77. The minimum Gasteiger partial charge on any atom is -0.356 e. The first-order valence-corrected chi connectivity index (χ1v) is 6.93. The van der Waals surface area contributed by atoms with Crippen molar-refractivity contribution in [3.05, 3.63) is 0 Å². The molecule has 0 saturated carbocycles. The molecule has 2 N–H and O–H groups in total. The van der Waals surface area contributed by atoms with Gasteiger partial charge in [0.1, 0.15) is 0 Å². The molecule has 0 aromatic carbocycles. The van der Waals surface area contributed by atoms with E-state index < -0.39 is 0 Å². The molecule has 94 valence electrons. The highest BCUT2D eigenvalue weighted by atomic mass is 127. The molecule has 0 aromatic heterocycles. The van der Waals surface area contributed by atoms with Gasteiger partial charge >= 0.3 is 0 Å². The van der Waals surface area contributed by atoms with Crippen molar-refractivity contribution >= 4 is 41.7 Å². The average molecular weight is 356 g/mol. The van der Waals surface area contributed by atoms with Crippen molar-refractivity contribution in [1.29, 1.82) is 0 Å². The minimum atomic E-state index is 0. The largest absolute Gasteiger partial charge is 0.356 e. The molecule has 2 heterocycles. The second-order valence-corrected chi connectivity index (χ2v) is 5.12. The Morgan fingerprint density at radius 1 is 1.38 bits per heavy atom. The van der Waals surface area contributed by atoms with Crippen LogP contribution in [0.1, 0.15) is 6.42 Å². The SMILES string of the molecule is C1CN=C(NCCN2CCSCC2)NC1.I. The van der Waals surface area contributed by atoms with Crippen LogP contribution in [0.15, 0.2) is 4.99 Å². The number of hydrogen-bond donors (Lipinski definition) is 2. The molecule has 1 fully saturated rings. The van der Waals surface area contributed by atoms with Gasteiger partial charge in [-0.2, -0.15) is 11.8 Å². The molecule has 0 spiro atoms. The fourth-order valence-electron chi connectivity index (χ4n) is 1.81. The second-order valence-electron chi connectivity index (χ2n) is 3.89. The van der Waals surface area contributed by atoms with Gasteiger partial charge in [-0.05, 0) is 6.42 Å². The summed E-state index contributed by atoms with van der Waals surface area (Å²) in [6.07, 6.45) is 1.16. The zero-order valence-electron chi connectivity index (χ0n) is 9.57. The molecule has 2 aliphatic heterocycles.